The molecule has 23 heavy (non-hydrogen) atoms. The molecule has 3 rings (SSSR count). The lowest BCUT2D eigenvalue weighted by molar-refractivity contribution is 0.410. The van der Waals surface area contributed by atoms with E-state index in [4.69, 9.17) is 10.5 Å². The Labute approximate surface area is 136 Å². The second-order valence-electron chi connectivity index (χ2n) is 5.48. The normalized spacial score (nSPS) is 10.7. The molecule has 4 nitrogen and oxygen atoms in total. The number of hydrogen-bond donors (Lipinski definition) is 1. The minimum Gasteiger partial charge on any atom is -0.496 e. The summed E-state index contributed by atoms with van der Waals surface area (Å²) >= 11 is 0. The van der Waals surface area contributed by atoms with Gasteiger partial charge in [0, 0.05) is 37.5 Å². The molecule has 0 bridgehead atoms. The second kappa shape index (κ2) is 7.11. The lowest BCUT2D eigenvalue weighted by atomic mass is 10.1. The molecule has 0 aliphatic carbocycles. The van der Waals surface area contributed by atoms with E-state index in [1.54, 1.807) is 7.11 Å². The molecule has 1 heterocycles. The number of nitrogens with two attached hydrogens (primary N) is 1. The highest BCUT2D eigenvalue weighted by molar-refractivity contribution is 5.35. The molecule has 0 unspecified atom stereocenters. The van der Waals surface area contributed by atoms with Crippen LogP contribution in [0.2, 0.25) is 0 Å². The quantitative estimate of drug-likeness (QED) is 0.761. The number of benzene rings is 2. The van der Waals surface area contributed by atoms with Crippen LogP contribution in [0.3, 0.4) is 0 Å². The fourth-order valence-corrected chi connectivity index (χ4v) is 2.72. The highest BCUT2D eigenvalue weighted by Gasteiger charge is 2.08. The zero-order valence-electron chi connectivity index (χ0n) is 13.3. The third-order valence-corrected chi connectivity index (χ3v) is 3.92. The van der Waals surface area contributed by atoms with Crippen molar-refractivity contribution in [1.29, 1.82) is 0 Å². The lowest BCUT2D eigenvalue weighted by Crippen LogP contribution is -2.06. The van der Waals surface area contributed by atoms with Gasteiger partial charge in [-0.2, -0.15) is 0 Å². The Morgan fingerprint density at radius 1 is 1.09 bits per heavy atom. The highest BCUT2D eigenvalue weighted by atomic mass is 16.5. The molecule has 3 aromatic rings. The smallest absolute Gasteiger partial charge is 0.122 e. The number of nitrogens with zero attached hydrogens (tertiary/aromatic N) is 2. The summed E-state index contributed by atoms with van der Waals surface area (Å²) in [4.78, 5) is 4.51. The van der Waals surface area contributed by atoms with Gasteiger partial charge in [0.2, 0.25) is 0 Å². The first-order valence-electron chi connectivity index (χ1n) is 7.70. The molecule has 0 radical (unpaired) electrons. The summed E-state index contributed by atoms with van der Waals surface area (Å²) in [6.07, 6.45) is 4.60. The monoisotopic (exact) mass is 307 g/mol. The van der Waals surface area contributed by atoms with Gasteiger partial charge in [-0.25, -0.2) is 4.98 Å². The molecule has 0 fully saturated rings. The predicted octanol–water partition coefficient (Wildman–Crippen LogP) is 2.99. The zero-order valence-corrected chi connectivity index (χ0v) is 13.3. The van der Waals surface area contributed by atoms with E-state index in [2.05, 4.69) is 27.8 Å². The first-order valence-corrected chi connectivity index (χ1v) is 7.70. The topological polar surface area (TPSA) is 53.1 Å². The van der Waals surface area contributed by atoms with E-state index >= 15 is 0 Å². The molecule has 0 amide bonds. The van der Waals surface area contributed by atoms with E-state index in [-0.39, 0.29) is 0 Å². The zero-order chi connectivity index (χ0) is 16.1. The highest BCUT2D eigenvalue weighted by Crippen LogP contribution is 2.20. The first-order chi connectivity index (χ1) is 11.3. The number of hydrogen-bond acceptors (Lipinski definition) is 3. The molecule has 0 saturated carbocycles. The standard InChI is InChI=1S/C19H21N3O/c1-23-18-8-3-2-7-17(18)12-19-21-9-10-22(19)14-16-6-4-5-15(11-16)13-20/h2-11H,12-14,20H2,1H3. The van der Waals surface area contributed by atoms with Gasteiger partial charge in [0.15, 0.2) is 0 Å². The maximum atomic E-state index is 5.72. The summed E-state index contributed by atoms with van der Waals surface area (Å²) in [5, 5.41) is 0. The van der Waals surface area contributed by atoms with Crippen LogP contribution in [0.1, 0.15) is 22.5 Å². The van der Waals surface area contributed by atoms with E-state index in [0.717, 1.165) is 35.7 Å². The van der Waals surface area contributed by atoms with Gasteiger partial charge >= 0.3 is 0 Å². The SMILES string of the molecule is COc1ccccc1Cc1nccn1Cc1cccc(CN)c1. The average molecular weight is 307 g/mol. The molecule has 0 aliphatic rings. The number of para-hydroxylation sites is 1. The lowest BCUT2D eigenvalue weighted by Gasteiger charge is -2.11. The molecular weight excluding hydrogens is 286 g/mol. The molecule has 0 atom stereocenters. The van der Waals surface area contributed by atoms with Crippen LogP contribution in [-0.2, 0) is 19.5 Å². The van der Waals surface area contributed by atoms with Crippen molar-refractivity contribution in [3.05, 3.63) is 83.4 Å². The molecule has 0 saturated heterocycles. The van der Waals surface area contributed by atoms with Crippen LogP contribution >= 0.6 is 0 Å². The van der Waals surface area contributed by atoms with Crippen molar-refractivity contribution in [3.63, 3.8) is 0 Å². The van der Waals surface area contributed by atoms with Crippen LogP contribution < -0.4 is 10.5 Å². The summed E-state index contributed by atoms with van der Waals surface area (Å²) in [5.74, 6) is 1.92. The summed E-state index contributed by atoms with van der Waals surface area (Å²) in [6.45, 7) is 1.35. The van der Waals surface area contributed by atoms with Crippen LogP contribution in [0.5, 0.6) is 5.75 Å². The minimum absolute atomic E-state index is 0.561. The van der Waals surface area contributed by atoms with Gasteiger partial charge in [-0.05, 0) is 17.2 Å². The van der Waals surface area contributed by atoms with Crippen molar-refractivity contribution in [2.45, 2.75) is 19.5 Å². The number of methoxy groups -OCH3 is 1. The molecule has 2 N–H and O–H groups in total. The third kappa shape index (κ3) is 3.60. The fraction of sp³-hybridized carbons (Fsp3) is 0.211. The van der Waals surface area contributed by atoms with Crippen molar-refractivity contribution < 1.29 is 4.74 Å². The van der Waals surface area contributed by atoms with E-state index in [1.165, 1.54) is 5.56 Å². The molecular formula is C19H21N3O. The Morgan fingerprint density at radius 3 is 2.74 bits per heavy atom. The Bertz CT molecular complexity index is 780. The van der Waals surface area contributed by atoms with E-state index in [0.29, 0.717) is 6.54 Å². The van der Waals surface area contributed by atoms with Crippen molar-refractivity contribution in [2.75, 3.05) is 7.11 Å². The van der Waals surface area contributed by atoms with E-state index < -0.39 is 0 Å². The molecule has 2 aromatic carbocycles. The fourth-order valence-electron chi connectivity index (χ4n) is 2.72. The Kier molecular flexibility index (Phi) is 4.74. The maximum absolute atomic E-state index is 5.72. The molecule has 0 aliphatic heterocycles. The van der Waals surface area contributed by atoms with Gasteiger partial charge in [-0.15, -0.1) is 0 Å². The number of imidazole rings is 1. The van der Waals surface area contributed by atoms with Crippen LogP contribution in [0.4, 0.5) is 0 Å². The molecule has 118 valence electrons. The molecule has 4 heteroatoms. The van der Waals surface area contributed by atoms with Gasteiger partial charge < -0.3 is 15.0 Å². The van der Waals surface area contributed by atoms with Crippen molar-refractivity contribution in [1.82, 2.24) is 9.55 Å². The van der Waals surface area contributed by atoms with Crippen molar-refractivity contribution in [2.24, 2.45) is 5.73 Å². The Morgan fingerprint density at radius 2 is 1.91 bits per heavy atom. The van der Waals surface area contributed by atoms with Crippen molar-refractivity contribution in [3.8, 4) is 5.75 Å². The van der Waals surface area contributed by atoms with Crippen LogP contribution in [-0.4, -0.2) is 16.7 Å². The minimum atomic E-state index is 0.561. The Hall–Kier alpha value is -2.59. The van der Waals surface area contributed by atoms with Gasteiger partial charge in [0.25, 0.3) is 0 Å². The molecule has 1 aromatic heterocycles. The van der Waals surface area contributed by atoms with E-state index in [9.17, 15) is 0 Å². The maximum Gasteiger partial charge on any atom is 0.122 e. The number of ether oxygens (including phenoxy) is 1. The summed E-state index contributed by atoms with van der Waals surface area (Å²) in [7, 11) is 1.70. The first kappa shape index (κ1) is 15.3. The van der Waals surface area contributed by atoms with Crippen LogP contribution in [0.15, 0.2) is 60.9 Å². The van der Waals surface area contributed by atoms with E-state index in [1.807, 2.05) is 42.7 Å². The summed E-state index contributed by atoms with van der Waals surface area (Å²) < 4.78 is 7.60. The molecule has 0 spiro atoms. The van der Waals surface area contributed by atoms with Crippen LogP contribution in [0, 0.1) is 0 Å². The number of rotatable bonds is 6. The second-order valence-corrected chi connectivity index (χ2v) is 5.48. The summed E-state index contributed by atoms with van der Waals surface area (Å²) in [6, 6.07) is 16.4. The predicted molar refractivity (Wildman–Crippen MR) is 91.5 cm³/mol. The Balaban J connectivity index is 1.82. The van der Waals surface area contributed by atoms with Crippen molar-refractivity contribution >= 4 is 0 Å². The van der Waals surface area contributed by atoms with Gasteiger partial charge in [0.1, 0.15) is 11.6 Å². The third-order valence-electron chi connectivity index (χ3n) is 3.92. The van der Waals surface area contributed by atoms with Gasteiger partial charge in [-0.3, -0.25) is 0 Å². The number of aromatic nitrogens is 2. The van der Waals surface area contributed by atoms with Crippen LogP contribution in [0.25, 0.3) is 0 Å². The average Bonchev–Trinajstić information content (AvgIpc) is 3.02. The summed E-state index contributed by atoms with van der Waals surface area (Å²) in [5.41, 5.74) is 9.24. The van der Waals surface area contributed by atoms with Gasteiger partial charge in [0.05, 0.1) is 7.11 Å². The largest absolute Gasteiger partial charge is 0.496 e. The van der Waals surface area contributed by atoms with Gasteiger partial charge in [-0.1, -0.05) is 42.5 Å².